The molecule has 0 aliphatic rings. The fraction of sp³-hybridized carbons (Fsp3) is 0.115. The van der Waals surface area contributed by atoms with E-state index in [1.54, 1.807) is 72.8 Å². The molecule has 0 aliphatic carbocycles. The summed E-state index contributed by atoms with van der Waals surface area (Å²) in [5.74, 6) is -0.242. The second-order valence-corrected chi connectivity index (χ2v) is 7.05. The number of para-hydroxylation sites is 1. The van der Waals surface area contributed by atoms with Gasteiger partial charge in [-0.05, 0) is 43.3 Å². The number of anilines is 1. The van der Waals surface area contributed by atoms with Crippen molar-refractivity contribution in [1.29, 1.82) is 0 Å². The second-order valence-electron chi connectivity index (χ2n) is 7.05. The summed E-state index contributed by atoms with van der Waals surface area (Å²) in [7, 11) is 3.00. The van der Waals surface area contributed by atoms with Crippen LogP contribution in [-0.4, -0.2) is 31.8 Å². The minimum absolute atomic E-state index is 0.0105. The van der Waals surface area contributed by atoms with Crippen LogP contribution in [0.15, 0.2) is 78.5 Å². The quantitative estimate of drug-likeness (QED) is 0.399. The molecule has 0 saturated heterocycles. The smallest absolute Gasteiger partial charge is 0.272 e. The van der Waals surface area contributed by atoms with Crippen LogP contribution in [0.1, 0.15) is 33.2 Å². The number of Topliss-reactive ketones (excluding diaryl/α,β-unsaturated/α-hetero) is 1. The van der Waals surface area contributed by atoms with Gasteiger partial charge in [0.25, 0.3) is 11.8 Å². The number of carbonyl (C=O) groups excluding carboxylic acids is 3. The summed E-state index contributed by atoms with van der Waals surface area (Å²) in [6.07, 6.45) is 1.51. The lowest BCUT2D eigenvalue weighted by molar-refractivity contribution is -0.113. The first kappa shape index (κ1) is 23.3. The molecule has 0 heterocycles. The van der Waals surface area contributed by atoms with Gasteiger partial charge in [0.15, 0.2) is 17.3 Å². The molecule has 0 atom stereocenters. The number of ketones is 1. The molecular formula is C26H24N2O5. The molecule has 168 valence electrons. The summed E-state index contributed by atoms with van der Waals surface area (Å²) in [5.41, 5.74) is 1.80. The van der Waals surface area contributed by atoms with Crippen molar-refractivity contribution in [2.75, 3.05) is 19.5 Å². The van der Waals surface area contributed by atoms with Crippen molar-refractivity contribution >= 4 is 29.4 Å². The lowest BCUT2D eigenvalue weighted by Crippen LogP contribution is -2.30. The molecule has 0 spiro atoms. The van der Waals surface area contributed by atoms with Gasteiger partial charge in [0.05, 0.1) is 14.2 Å². The number of amides is 2. The molecule has 0 radical (unpaired) electrons. The maximum absolute atomic E-state index is 13.2. The monoisotopic (exact) mass is 444 g/mol. The van der Waals surface area contributed by atoms with Gasteiger partial charge >= 0.3 is 0 Å². The fourth-order valence-electron chi connectivity index (χ4n) is 3.14. The van der Waals surface area contributed by atoms with Crippen LogP contribution in [0.5, 0.6) is 11.5 Å². The van der Waals surface area contributed by atoms with Gasteiger partial charge < -0.3 is 20.1 Å². The summed E-state index contributed by atoms with van der Waals surface area (Å²) < 4.78 is 10.8. The minimum Gasteiger partial charge on any atom is -0.493 e. The number of carbonyl (C=O) groups is 3. The van der Waals surface area contributed by atoms with Gasteiger partial charge in [-0.3, -0.25) is 14.4 Å². The molecule has 0 aromatic heterocycles. The van der Waals surface area contributed by atoms with Crippen LogP contribution >= 0.6 is 0 Å². The molecule has 3 aromatic carbocycles. The Morgan fingerprint density at radius 3 is 2.18 bits per heavy atom. The molecular weight excluding hydrogens is 420 g/mol. The van der Waals surface area contributed by atoms with E-state index in [9.17, 15) is 14.4 Å². The zero-order valence-electron chi connectivity index (χ0n) is 18.5. The zero-order chi connectivity index (χ0) is 23.8. The highest BCUT2D eigenvalue weighted by Gasteiger charge is 2.17. The van der Waals surface area contributed by atoms with Crippen LogP contribution in [0.2, 0.25) is 0 Å². The highest BCUT2D eigenvalue weighted by Crippen LogP contribution is 2.32. The Kier molecular flexibility index (Phi) is 7.60. The summed E-state index contributed by atoms with van der Waals surface area (Å²) in [6, 6.07) is 20.3. The van der Waals surface area contributed by atoms with Gasteiger partial charge in [-0.25, -0.2) is 0 Å². The molecule has 0 unspecified atom stereocenters. The van der Waals surface area contributed by atoms with E-state index < -0.39 is 11.8 Å². The van der Waals surface area contributed by atoms with Crippen LogP contribution in [0.4, 0.5) is 5.69 Å². The van der Waals surface area contributed by atoms with Gasteiger partial charge in [0.2, 0.25) is 0 Å². The number of hydrogen-bond donors (Lipinski definition) is 2. The van der Waals surface area contributed by atoms with Crippen molar-refractivity contribution in [3.63, 3.8) is 0 Å². The Hall–Kier alpha value is -4.39. The lowest BCUT2D eigenvalue weighted by atomic mass is 10.1. The van der Waals surface area contributed by atoms with Gasteiger partial charge in [-0.1, -0.05) is 42.5 Å². The molecule has 0 saturated carbocycles. The molecule has 3 aromatic rings. The van der Waals surface area contributed by atoms with Crippen molar-refractivity contribution in [3.05, 3.63) is 95.2 Å². The van der Waals surface area contributed by atoms with E-state index in [2.05, 4.69) is 10.6 Å². The van der Waals surface area contributed by atoms with Gasteiger partial charge in [0.1, 0.15) is 5.70 Å². The van der Waals surface area contributed by atoms with E-state index in [0.29, 0.717) is 33.9 Å². The standard InChI is InChI=1S/C26H24N2O5/c1-17(29)19-11-7-13-21(15-19)27-26(31)22(28-25(30)18-9-5-4-6-10-18)16-20-12-8-14-23(32-2)24(20)33-3/h4-16H,1-3H3,(H,27,31)(H,28,30)/b22-16-. The van der Waals surface area contributed by atoms with Gasteiger partial charge in [-0.15, -0.1) is 0 Å². The summed E-state index contributed by atoms with van der Waals surface area (Å²) in [4.78, 5) is 37.6. The first-order valence-electron chi connectivity index (χ1n) is 10.1. The van der Waals surface area contributed by atoms with Crippen LogP contribution < -0.4 is 20.1 Å². The Morgan fingerprint density at radius 2 is 1.52 bits per heavy atom. The largest absolute Gasteiger partial charge is 0.493 e. The third kappa shape index (κ3) is 5.86. The topological polar surface area (TPSA) is 93.7 Å². The SMILES string of the molecule is COc1cccc(/C=C(\NC(=O)c2ccccc2)C(=O)Nc2cccc(C(C)=O)c2)c1OC. The average molecular weight is 444 g/mol. The van der Waals surface area contributed by atoms with Crippen LogP contribution in [-0.2, 0) is 4.79 Å². The minimum atomic E-state index is -0.565. The number of nitrogens with one attached hydrogen (secondary N) is 2. The van der Waals surface area contributed by atoms with E-state index >= 15 is 0 Å². The first-order valence-corrected chi connectivity index (χ1v) is 10.1. The van der Waals surface area contributed by atoms with E-state index in [1.165, 1.54) is 27.2 Å². The average Bonchev–Trinajstić information content (AvgIpc) is 2.83. The predicted molar refractivity (Wildman–Crippen MR) is 127 cm³/mol. The van der Waals surface area contributed by atoms with E-state index in [1.807, 2.05) is 0 Å². The van der Waals surface area contributed by atoms with Crippen molar-refractivity contribution in [3.8, 4) is 11.5 Å². The summed E-state index contributed by atoms with van der Waals surface area (Å²) in [5, 5.41) is 5.41. The zero-order valence-corrected chi connectivity index (χ0v) is 18.5. The number of benzene rings is 3. The highest BCUT2D eigenvalue weighted by molar-refractivity contribution is 6.11. The number of methoxy groups -OCH3 is 2. The lowest BCUT2D eigenvalue weighted by Gasteiger charge is -2.14. The van der Waals surface area contributed by atoms with Crippen molar-refractivity contribution < 1.29 is 23.9 Å². The normalized spacial score (nSPS) is 10.8. The van der Waals surface area contributed by atoms with E-state index in [-0.39, 0.29) is 11.5 Å². The van der Waals surface area contributed by atoms with E-state index in [0.717, 1.165) is 0 Å². The molecule has 3 rings (SSSR count). The number of ether oxygens (including phenoxy) is 2. The maximum atomic E-state index is 13.2. The molecule has 2 amide bonds. The second kappa shape index (κ2) is 10.8. The molecule has 2 N–H and O–H groups in total. The molecule has 7 nitrogen and oxygen atoms in total. The van der Waals surface area contributed by atoms with Crippen LogP contribution in [0.25, 0.3) is 6.08 Å². The Labute approximate surface area is 192 Å². The highest BCUT2D eigenvalue weighted by atomic mass is 16.5. The number of rotatable bonds is 8. The van der Waals surface area contributed by atoms with Gasteiger partial charge in [0, 0.05) is 22.4 Å². The predicted octanol–water partition coefficient (Wildman–Crippen LogP) is 4.32. The first-order chi connectivity index (χ1) is 15.9. The van der Waals surface area contributed by atoms with Crippen LogP contribution in [0.3, 0.4) is 0 Å². The summed E-state index contributed by atoms with van der Waals surface area (Å²) in [6.45, 7) is 1.45. The third-order valence-electron chi connectivity index (χ3n) is 4.79. The molecule has 7 heteroatoms. The fourth-order valence-corrected chi connectivity index (χ4v) is 3.14. The maximum Gasteiger partial charge on any atom is 0.272 e. The Bertz CT molecular complexity index is 1200. The Morgan fingerprint density at radius 1 is 0.818 bits per heavy atom. The molecule has 0 bridgehead atoms. The van der Waals surface area contributed by atoms with Crippen LogP contribution in [0, 0.1) is 0 Å². The molecule has 33 heavy (non-hydrogen) atoms. The third-order valence-corrected chi connectivity index (χ3v) is 4.79. The van der Waals surface area contributed by atoms with Crippen molar-refractivity contribution in [1.82, 2.24) is 5.32 Å². The van der Waals surface area contributed by atoms with Gasteiger partial charge in [-0.2, -0.15) is 0 Å². The molecule has 0 aliphatic heterocycles. The summed E-state index contributed by atoms with van der Waals surface area (Å²) >= 11 is 0. The Balaban J connectivity index is 1.99. The molecule has 0 fully saturated rings. The van der Waals surface area contributed by atoms with Crippen molar-refractivity contribution in [2.45, 2.75) is 6.92 Å². The van der Waals surface area contributed by atoms with E-state index in [4.69, 9.17) is 9.47 Å². The van der Waals surface area contributed by atoms with Crippen molar-refractivity contribution in [2.24, 2.45) is 0 Å². The number of hydrogen-bond acceptors (Lipinski definition) is 5.